The van der Waals surface area contributed by atoms with E-state index in [2.05, 4.69) is 56.7 Å². The summed E-state index contributed by atoms with van der Waals surface area (Å²) in [4.78, 5) is 5.31. The molecule has 122 valence electrons. The van der Waals surface area contributed by atoms with Crippen LogP contribution in [0.4, 0.5) is 0 Å². The SMILES string of the molecule is CCC(C)=C(C(C)(C)N1CCCC1)C(C)(C)N1CCNC1. The molecular weight excluding hydrogens is 258 g/mol. The molecule has 1 N–H and O–H groups in total. The Morgan fingerprint density at radius 1 is 0.952 bits per heavy atom. The zero-order valence-electron chi connectivity index (χ0n) is 15.1. The van der Waals surface area contributed by atoms with E-state index in [0.717, 1.165) is 26.2 Å². The maximum absolute atomic E-state index is 3.50. The van der Waals surface area contributed by atoms with Crippen LogP contribution in [0.1, 0.15) is 60.8 Å². The molecule has 2 fully saturated rings. The van der Waals surface area contributed by atoms with E-state index in [1.165, 1.54) is 25.9 Å². The van der Waals surface area contributed by atoms with Crippen LogP contribution in [0.3, 0.4) is 0 Å². The van der Waals surface area contributed by atoms with E-state index < -0.39 is 0 Å². The van der Waals surface area contributed by atoms with Crippen molar-refractivity contribution in [1.82, 2.24) is 15.1 Å². The quantitative estimate of drug-likeness (QED) is 0.785. The fraction of sp³-hybridized carbons (Fsp3) is 0.889. The van der Waals surface area contributed by atoms with E-state index in [1.807, 2.05) is 0 Å². The Balaban J connectivity index is 2.38. The fourth-order valence-corrected chi connectivity index (χ4v) is 4.55. The van der Waals surface area contributed by atoms with E-state index in [-0.39, 0.29) is 11.1 Å². The second-order valence-electron chi connectivity index (χ2n) is 7.74. The predicted octanol–water partition coefficient (Wildman–Crippen LogP) is 3.23. The summed E-state index contributed by atoms with van der Waals surface area (Å²) in [7, 11) is 0. The molecule has 3 nitrogen and oxygen atoms in total. The summed E-state index contributed by atoms with van der Waals surface area (Å²) in [5.74, 6) is 0. The minimum absolute atomic E-state index is 0.121. The van der Waals surface area contributed by atoms with E-state index in [1.54, 1.807) is 11.1 Å². The van der Waals surface area contributed by atoms with Crippen molar-refractivity contribution in [2.75, 3.05) is 32.8 Å². The number of likely N-dealkylation sites (tertiary alicyclic amines) is 1. The van der Waals surface area contributed by atoms with Crippen molar-refractivity contribution in [3.63, 3.8) is 0 Å². The lowest BCUT2D eigenvalue weighted by Crippen LogP contribution is -2.55. The van der Waals surface area contributed by atoms with Crippen LogP contribution in [-0.4, -0.2) is 53.7 Å². The Kier molecular flexibility index (Phi) is 5.17. The largest absolute Gasteiger partial charge is 0.303 e. The van der Waals surface area contributed by atoms with Gasteiger partial charge in [-0.1, -0.05) is 12.5 Å². The Hall–Kier alpha value is -0.380. The molecule has 0 saturated carbocycles. The highest BCUT2D eigenvalue weighted by molar-refractivity contribution is 5.34. The minimum atomic E-state index is 0.121. The first-order valence-electron chi connectivity index (χ1n) is 8.73. The van der Waals surface area contributed by atoms with Crippen LogP contribution in [-0.2, 0) is 0 Å². The second-order valence-corrected chi connectivity index (χ2v) is 7.74. The Labute approximate surface area is 131 Å². The van der Waals surface area contributed by atoms with Gasteiger partial charge >= 0.3 is 0 Å². The van der Waals surface area contributed by atoms with Crippen LogP contribution in [0, 0.1) is 0 Å². The molecule has 0 bridgehead atoms. The molecular formula is C18H35N3. The molecule has 0 spiro atoms. The number of rotatable bonds is 5. The molecule has 2 heterocycles. The van der Waals surface area contributed by atoms with E-state index >= 15 is 0 Å². The maximum atomic E-state index is 3.50. The molecule has 0 unspecified atom stereocenters. The van der Waals surface area contributed by atoms with Crippen molar-refractivity contribution in [1.29, 1.82) is 0 Å². The first kappa shape index (κ1) is 17.0. The van der Waals surface area contributed by atoms with Crippen molar-refractivity contribution in [2.24, 2.45) is 0 Å². The zero-order chi connectivity index (χ0) is 15.7. The molecule has 2 saturated heterocycles. The predicted molar refractivity (Wildman–Crippen MR) is 91.5 cm³/mol. The third-order valence-electron chi connectivity index (χ3n) is 5.73. The highest BCUT2D eigenvalue weighted by atomic mass is 15.3. The van der Waals surface area contributed by atoms with Crippen molar-refractivity contribution < 1.29 is 0 Å². The van der Waals surface area contributed by atoms with Gasteiger partial charge in [0.05, 0.1) is 0 Å². The number of nitrogens with one attached hydrogen (secondary N) is 1. The molecule has 21 heavy (non-hydrogen) atoms. The Morgan fingerprint density at radius 3 is 2.00 bits per heavy atom. The van der Waals surface area contributed by atoms with Gasteiger partial charge in [0.1, 0.15) is 0 Å². The first-order valence-corrected chi connectivity index (χ1v) is 8.73. The molecule has 0 aromatic rings. The fourth-order valence-electron chi connectivity index (χ4n) is 4.55. The number of hydrogen-bond acceptors (Lipinski definition) is 3. The van der Waals surface area contributed by atoms with Crippen molar-refractivity contribution in [3.8, 4) is 0 Å². The van der Waals surface area contributed by atoms with Gasteiger partial charge in [-0.25, -0.2) is 0 Å². The summed E-state index contributed by atoms with van der Waals surface area (Å²) in [5, 5.41) is 3.50. The van der Waals surface area contributed by atoms with Crippen molar-refractivity contribution in [2.45, 2.75) is 71.9 Å². The molecule has 0 aromatic heterocycles. The second kappa shape index (κ2) is 6.39. The topological polar surface area (TPSA) is 18.5 Å². The average Bonchev–Trinajstić information content (AvgIpc) is 3.11. The lowest BCUT2D eigenvalue weighted by molar-refractivity contribution is 0.117. The van der Waals surface area contributed by atoms with Crippen LogP contribution in [0.5, 0.6) is 0 Å². The van der Waals surface area contributed by atoms with Crippen LogP contribution in [0.2, 0.25) is 0 Å². The zero-order valence-corrected chi connectivity index (χ0v) is 15.1. The van der Waals surface area contributed by atoms with Crippen molar-refractivity contribution >= 4 is 0 Å². The molecule has 0 atom stereocenters. The van der Waals surface area contributed by atoms with E-state index in [0.29, 0.717) is 0 Å². The van der Waals surface area contributed by atoms with Gasteiger partial charge in [-0.15, -0.1) is 0 Å². The van der Waals surface area contributed by atoms with E-state index in [4.69, 9.17) is 0 Å². The number of hydrogen-bond donors (Lipinski definition) is 1. The van der Waals surface area contributed by atoms with Gasteiger partial charge < -0.3 is 5.32 Å². The van der Waals surface area contributed by atoms with Gasteiger partial charge in [0.15, 0.2) is 0 Å². The molecule has 2 aliphatic rings. The van der Waals surface area contributed by atoms with Crippen LogP contribution < -0.4 is 5.32 Å². The van der Waals surface area contributed by atoms with E-state index in [9.17, 15) is 0 Å². The van der Waals surface area contributed by atoms with Gasteiger partial charge in [-0.05, 0) is 72.5 Å². The van der Waals surface area contributed by atoms with Gasteiger partial charge in [-0.2, -0.15) is 0 Å². The number of allylic oxidation sites excluding steroid dienone is 1. The average molecular weight is 293 g/mol. The third kappa shape index (κ3) is 3.20. The molecule has 0 amide bonds. The molecule has 0 aliphatic carbocycles. The normalized spacial score (nSPS) is 23.7. The van der Waals surface area contributed by atoms with Crippen molar-refractivity contribution in [3.05, 3.63) is 11.1 Å². The molecule has 0 radical (unpaired) electrons. The summed E-state index contributed by atoms with van der Waals surface area (Å²) in [6.45, 7) is 20.2. The summed E-state index contributed by atoms with van der Waals surface area (Å²) < 4.78 is 0. The summed E-state index contributed by atoms with van der Waals surface area (Å²) in [6.07, 6.45) is 3.86. The van der Waals surface area contributed by atoms with Gasteiger partial charge in [-0.3, -0.25) is 9.80 Å². The standard InChI is InChI=1S/C18H35N3/c1-7-15(2)16(17(3,4)20-11-8-9-12-20)18(5,6)21-13-10-19-14-21/h19H,7-14H2,1-6H3. The van der Waals surface area contributed by atoms with Gasteiger partial charge in [0, 0.05) is 30.8 Å². The van der Waals surface area contributed by atoms with Crippen LogP contribution in [0.15, 0.2) is 11.1 Å². The third-order valence-corrected chi connectivity index (χ3v) is 5.73. The lowest BCUT2D eigenvalue weighted by Gasteiger charge is -2.49. The maximum Gasteiger partial charge on any atom is 0.0489 e. The highest BCUT2D eigenvalue weighted by Gasteiger charge is 2.43. The van der Waals surface area contributed by atoms with Gasteiger partial charge in [0.25, 0.3) is 0 Å². The monoisotopic (exact) mass is 293 g/mol. The summed E-state index contributed by atoms with van der Waals surface area (Å²) in [6, 6.07) is 0. The molecule has 3 heteroatoms. The molecule has 2 aliphatic heterocycles. The Morgan fingerprint density at radius 2 is 1.52 bits per heavy atom. The number of nitrogens with zero attached hydrogens (tertiary/aromatic N) is 2. The van der Waals surface area contributed by atoms with Crippen LogP contribution >= 0.6 is 0 Å². The molecule has 0 aromatic carbocycles. The smallest absolute Gasteiger partial charge is 0.0489 e. The highest BCUT2D eigenvalue weighted by Crippen LogP contribution is 2.40. The first-order chi connectivity index (χ1) is 9.81. The molecule has 2 rings (SSSR count). The van der Waals surface area contributed by atoms with Crippen LogP contribution in [0.25, 0.3) is 0 Å². The minimum Gasteiger partial charge on any atom is -0.303 e. The summed E-state index contributed by atoms with van der Waals surface area (Å²) >= 11 is 0. The van der Waals surface area contributed by atoms with Gasteiger partial charge in [0.2, 0.25) is 0 Å². The Bertz CT molecular complexity index is 353. The lowest BCUT2D eigenvalue weighted by atomic mass is 9.75. The summed E-state index contributed by atoms with van der Waals surface area (Å²) in [5.41, 5.74) is 3.49.